The van der Waals surface area contributed by atoms with E-state index in [9.17, 15) is 8.42 Å². The maximum atomic E-state index is 15.2. The fourth-order valence-electron chi connectivity index (χ4n) is 5.04. The van der Waals surface area contributed by atoms with Crippen molar-refractivity contribution >= 4 is 50.6 Å². The highest BCUT2D eigenvalue weighted by Gasteiger charge is 2.23. The van der Waals surface area contributed by atoms with E-state index in [1.54, 1.807) is 24.3 Å². The molecule has 0 amide bonds. The lowest BCUT2D eigenvalue weighted by molar-refractivity contribution is 0.249. The summed E-state index contributed by atoms with van der Waals surface area (Å²) in [7, 11) is 2.23. The van der Waals surface area contributed by atoms with Crippen molar-refractivity contribution in [2.45, 2.75) is 25.3 Å². The van der Waals surface area contributed by atoms with Gasteiger partial charge < -0.3 is 20.4 Å². The number of nitrogens with one attached hydrogen (secondary N) is 2. The molecule has 206 valence electrons. The number of hydrogen-bond acceptors (Lipinski definition) is 8. The predicted molar refractivity (Wildman–Crippen MR) is 156 cm³/mol. The zero-order valence-electron chi connectivity index (χ0n) is 22.6. The molecule has 1 aromatic heterocycles. The molecule has 1 fully saturated rings. The van der Waals surface area contributed by atoms with E-state index in [-0.39, 0.29) is 5.82 Å². The van der Waals surface area contributed by atoms with Gasteiger partial charge in [0.1, 0.15) is 11.6 Å². The highest BCUT2D eigenvalue weighted by Crippen LogP contribution is 2.34. The van der Waals surface area contributed by atoms with Gasteiger partial charge in [-0.1, -0.05) is 24.3 Å². The van der Waals surface area contributed by atoms with Gasteiger partial charge >= 0.3 is 0 Å². The van der Waals surface area contributed by atoms with E-state index in [1.807, 2.05) is 24.3 Å². The standard InChI is InChI=1S/C28H34FN7O2S/c1-34(2)20-14-16-36(17-15-20)25-13-12-19(18-22(25)29)30-28-32-23-10-7-8-21(23)27(33-28)31-24-9-5-6-11-26(24)35(3)39(4,37)38/h5-9,11-13,18,20H,10,14-17H2,1-4H3,(H2,30,31,32,33). The summed E-state index contributed by atoms with van der Waals surface area (Å²) in [6.07, 6.45) is 7.75. The third kappa shape index (κ3) is 5.84. The summed E-state index contributed by atoms with van der Waals surface area (Å²) in [5, 5.41) is 6.45. The van der Waals surface area contributed by atoms with Crippen LogP contribution in [-0.2, 0) is 16.4 Å². The number of piperidine rings is 1. The quantitative estimate of drug-likeness (QED) is 0.420. The Balaban J connectivity index is 1.38. The summed E-state index contributed by atoms with van der Waals surface area (Å²) < 4.78 is 40.8. The molecule has 0 bridgehead atoms. The van der Waals surface area contributed by atoms with Crippen LogP contribution in [0.3, 0.4) is 0 Å². The molecular weight excluding hydrogens is 517 g/mol. The molecule has 0 unspecified atom stereocenters. The van der Waals surface area contributed by atoms with Crippen LogP contribution in [0.4, 0.5) is 38.9 Å². The minimum atomic E-state index is -3.46. The van der Waals surface area contributed by atoms with Crippen molar-refractivity contribution in [3.05, 3.63) is 65.6 Å². The van der Waals surface area contributed by atoms with Crippen LogP contribution in [-0.4, -0.2) is 69.8 Å². The largest absolute Gasteiger partial charge is 0.369 e. The zero-order chi connectivity index (χ0) is 27.7. The summed E-state index contributed by atoms with van der Waals surface area (Å²) >= 11 is 0. The van der Waals surface area contributed by atoms with E-state index >= 15 is 4.39 Å². The molecule has 5 rings (SSSR count). The van der Waals surface area contributed by atoms with Crippen molar-refractivity contribution in [3.63, 3.8) is 0 Å². The van der Waals surface area contributed by atoms with Gasteiger partial charge in [-0.3, -0.25) is 4.31 Å². The van der Waals surface area contributed by atoms with Crippen molar-refractivity contribution < 1.29 is 12.8 Å². The topological polar surface area (TPSA) is 93.7 Å². The molecule has 2 heterocycles. The lowest BCUT2D eigenvalue weighted by atomic mass is 10.0. The van der Waals surface area contributed by atoms with Crippen LogP contribution in [0.2, 0.25) is 0 Å². The minimum Gasteiger partial charge on any atom is -0.369 e. The molecule has 2 aromatic carbocycles. The van der Waals surface area contributed by atoms with Crippen LogP contribution >= 0.6 is 0 Å². The summed E-state index contributed by atoms with van der Waals surface area (Å²) in [6.45, 7) is 1.64. The Bertz CT molecular complexity index is 1500. The van der Waals surface area contributed by atoms with Gasteiger partial charge in [0.05, 0.1) is 29.0 Å². The molecule has 0 saturated carbocycles. The maximum Gasteiger partial charge on any atom is 0.232 e. The van der Waals surface area contributed by atoms with Gasteiger partial charge in [-0.2, -0.15) is 4.98 Å². The van der Waals surface area contributed by atoms with Crippen molar-refractivity contribution in [2.75, 3.05) is 60.3 Å². The SMILES string of the molecule is CN(C)C1CCN(c2ccc(Nc3nc4c(c(Nc5ccccc5N(C)S(C)(=O)=O)n3)C=CC4)cc2F)CC1. The van der Waals surface area contributed by atoms with Gasteiger partial charge in [-0.15, -0.1) is 0 Å². The molecular formula is C28H34FN7O2S. The molecule has 0 spiro atoms. The summed E-state index contributed by atoms with van der Waals surface area (Å²) in [4.78, 5) is 13.7. The van der Waals surface area contributed by atoms with Gasteiger partial charge in [0.2, 0.25) is 16.0 Å². The van der Waals surface area contributed by atoms with Crippen molar-refractivity contribution in [2.24, 2.45) is 0 Å². The molecule has 3 aromatic rings. The summed E-state index contributed by atoms with van der Waals surface area (Å²) in [6, 6.07) is 12.8. The number of hydrogen-bond donors (Lipinski definition) is 2. The van der Waals surface area contributed by atoms with Crippen molar-refractivity contribution in [1.29, 1.82) is 0 Å². The van der Waals surface area contributed by atoms with Crippen LogP contribution in [0.25, 0.3) is 6.08 Å². The van der Waals surface area contributed by atoms with Crippen molar-refractivity contribution in [3.8, 4) is 0 Å². The number of nitrogens with zero attached hydrogens (tertiary/aromatic N) is 5. The molecule has 0 radical (unpaired) electrons. The van der Waals surface area contributed by atoms with Crippen LogP contribution in [0.5, 0.6) is 0 Å². The number of sulfonamides is 1. The lowest BCUT2D eigenvalue weighted by Gasteiger charge is -2.36. The second-order valence-corrected chi connectivity index (χ2v) is 12.2. The normalized spacial score (nSPS) is 15.5. The Morgan fingerprint density at radius 2 is 1.77 bits per heavy atom. The first-order valence-electron chi connectivity index (χ1n) is 13.0. The first-order chi connectivity index (χ1) is 18.6. The van der Waals surface area contributed by atoms with Crippen LogP contribution in [0.15, 0.2) is 48.5 Å². The van der Waals surface area contributed by atoms with E-state index in [2.05, 4.69) is 44.5 Å². The first-order valence-corrected chi connectivity index (χ1v) is 14.8. The molecule has 1 aliphatic carbocycles. The minimum absolute atomic E-state index is 0.290. The number of aromatic nitrogens is 2. The average molecular weight is 552 g/mol. The third-order valence-electron chi connectivity index (χ3n) is 7.35. The fourth-order valence-corrected chi connectivity index (χ4v) is 5.56. The molecule has 2 aliphatic rings. The molecule has 1 saturated heterocycles. The summed E-state index contributed by atoms with van der Waals surface area (Å²) in [5.41, 5.74) is 3.89. The molecule has 9 nitrogen and oxygen atoms in total. The first kappa shape index (κ1) is 26.9. The molecule has 39 heavy (non-hydrogen) atoms. The second-order valence-electron chi connectivity index (χ2n) is 10.2. The van der Waals surface area contributed by atoms with Gasteiger partial charge in [0, 0.05) is 43.9 Å². The Kier molecular flexibility index (Phi) is 7.46. The monoisotopic (exact) mass is 551 g/mol. The Morgan fingerprint density at radius 3 is 2.46 bits per heavy atom. The maximum absolute atomic E-state index is 15.2. The predicted octanol–water partition coefficient (Wildman–Crippen LogP) is 4.60. The second kappa shape index (κ2) is 10.8. The van der Waals surface area contributed by atoms with E-state index in [0.717, 1.165) is 43.4 Å². The van der Waals surface area contributed by atoms with Crippen molar-refractivity contribution in [1.82, 2.24) is 14.9 Å². The van der Waals surface area contributed by atoms with Gasteiger partial charge in [0.15, 0.2) is 0 Å². The molecule has 2 N–H and O–H groups in total. The number of rotatable bonds is 8. The van der Waals surface area contributed by atoms with Gasteiger partial charge in [-0.25, -0.2) is 17.8 Å². The highest BCUT2D eigenvalue weighted by atomic mass is 32.2. The number of benzene rings is 2. The van der Waals surface area contributed by atoms with Gasteiger partial charge in [-0.05, 0) is 57.3 Å². The van der Waals surface area contributed by atoms with Crippen LogP contribution < -0.4 is 19.8 Å². The molecule has 0 atom stereocenters. The number of para-hydroxylation sites is 2. The number of anilines is 6. The van der Waals surface area contributed by atoms with E-state index in [4.69, 9.17) is 0 Å². The summed E-state index contributed by atoms with van der Waals surface area (Å²) in [5.74, 6) is 0.571. The fraction of sp³-hybridized carbons (Fsp3) is 0.357. The lowest BCUT2D eigenvalue weighted by Crippen LogP contribution is -2.42. The third-order valence-corrected chi connectivity index (χ3v) is 8.55. The average Bonchev–Trinajstić information content (AvgIpc) is 3.37. The number of allylic oxidation sites excluding steroid dienone is 1. The Hall–Kier alpha value is -3.70. The Labute approximate surface area is 229 Å². The Morgan fingerprint density at radius 1 is 1.03 bits per heavy atom. The highest BCUT2D eigenvalue weighted by molar-refractivity contribution is 7.92. The van der Waals surface area contributed by atoms with E-state index in [0.29, 0.717) is 47.0 Å². The number of fused-ring (bicyclic) bond motifs is 1. The smallest absolute Gasteiger partial charge is 0.232 e. The van der Waals surface area contributed by atoms with E-state index in [1.165, 1.54) is 17.4 Å². The van der Waals surface area contributed by atoms with Gasteiger partial charge in [0.25, 0.3) is 0 Å². The molecule has 11 heteroatoms. The molecule has 1 aliphatic heterocycles. The van der Waals surface area contributed by atoms with E-state index < -0.39 is 10.0 Å². The van der Waals surface area contributed by atoms with Crippen LogP contribution in [0.1, 0.15) is 24.1 Å². The van der Waals surface area contributed by atoms with Crippen LogP contribution in [0, 0.1) is 5.82 Å². The number of halogens is 1. The zero-order valence-corrected chi connectivity index (χ0v) is 23.5.